The zero-order valence-corrected chi connectivity index (χ0v) is 5.71. The van der Waals surface area contributed by atoms with Crippen molar-refractivity contribution in [3.05, 3.63) is 0 Å². The molecule has 0 bridgehead atoms. The summed E-state index contributed by atoms with van der Waals surface area (Å²) in [6, 6.07) is -1.57. The molecule has 6 heteroatoms. The minimum atomic E-state index is -1.64. The molecule has 0 unspecified atom stereocenters. The maximum Gasteiger partial charge on any atom is 0.323 e. The Morgan fingerprint density at radius 3 is 2.18 bits per heavy atom. The third kappa shape index (κ3) is 2.81. The van der Waals surface area contributed by atoms with Gasteiger partial charge in [-0.15, -0.1) is 0 Å². The van der Waals surface area contributed by atoms with Crippen molar-refractivity contribution in [2.75, 3.05) is 6.61 Å². The van der Waals surface area contributed by atoms with Gasteiger partial charge in [0.05, 0.1) is 6.61 Å². The summed E-state index contributed by atoms with van der Waals surface area (Å²) in [5, 5.41) is 34.0. The predicted octanol–water partition coefficient (Wildman–Crippen LogP) is -2.89. The van der Waals surface area contributed by atoms with E-state index in [9.17, 15) is 4.79 Å². The fourth-order valence-electron chi connectivity index (χ4n) is 0.493. The summed E-state index contributed by atoms with van der Waals surface area (Å²) in [5.41, 5.74) is 4.92. The second-order valence-corrected chi connectivity index (χ2v) is 2.10. The van der Waals surface area contributed by atoms with E-state index in [0.29, 0.717) is 0 Å². The zero-order chi connectivity index (χ0) is 9.02. The highest BCUT2D eigenvalue weighted by atomic mass is 16.4. The van der Waals surface area contributed by atoms with Crippen molar-refractivity contribution in [1.82, 2.24) is 0 Å². The van der Waals surface area contributed by atoms with Gasteiger partial charge in [-0.2, -0.15) is 0 Å². The molecule has 0 saturated heterocycles. The molecule has 3 atom stereocenters. The lowest BCUT2D eigenvalue weighted by Crippen LogP contribution is -2.49. The van der Waals surface area contributed by atoms with Crippen LogP contribution >= 0.6 is 0 Å². The Labute approximate surface area is 62.9 Å². The molecule has 0 fully saturated rings. The average Bonchev–Trinajstić information content (AvgIpc) is 2.00. The van der Waals surface area contributed by atoms with E-state index in [1.807, 2.05) is 0 Å². The van der Waals surface area contributed by atoms with E-state index < -0.39 is 30.8 Å². The maximum atomic E-state index is 10.1. The normalized spacial score (nSPS) is 18.9. The van der Waals surface area contributed by atoms with Crippen LogP contribution < -0.4 is 5.73 Å². The highest BCUT2D eigenvalue weighted by Gasteiger charge is 2.27. The smallest absolute Gasteiger partial charge is 0.323 e. The monoisotopic (exact) mass is 165 g/mol. The van der Waals surface area contributed by atoms with Gasteiger partial charge >= 0.3 is 5.97 Å². The standard InChI is InChI=1S/C5H11NO5/c6-3(5(10)11)4(9)2(8)1-7/h2-4,7-9H,1,6H2,(H,10,11)/t2-,3-,4+/m1/s1. The van der Waals surface area contributed by atoms with Crippen LogP contribution in [0.25, 0.3) is 0 Å². The Kier molecular flexibility index (Phi) is 3.98. The quantitative estimate of drug-likeness (QED) is 0.304. The number of aliphatic carboxylic acids is 1. The van der Waals surface area contributed by atoms with Crippen LogP contribution in [0.3, 0.4) is 0 Å². The van der Waals surface area contributed by atoms with E-state index in [0.717, 1.165) is 0 Å². The van der Waals surface area contributed by atoms with E-state index in [2.05, 4.69) is 0 Å². The summed E-state index contributed by atoms with van der Waals surface area (Å²) in [5.74, 6) is -1.43. The summed E-state index contributed by atoms with van der Waals surface area (Å²) >= 11 is 0. The summed E-state index contributed by atoms with van der Waals surface area (Å²) in [7, 11) is 0. The van der Waals surface area contributed by atoms with Gasteiger partial charge < -0.3 is 26.2 Å². The Hall–Kier alpha value is -0.690. The number of hydrogen-bond acceptors (Lipinski definition) is 5. The van der Waals surface area contributed by atoms with Gasteiger partial charge in [0.25, 0.3) is 0 Å². The van der Waals surface area contributed by atoms with Crippen molar-refractivity contribution in [3.63, 3.8) is 0 Å². The fraction of sp³-hybridized carbons (Fsp3) is 0.800. The van der Waals surface area contributed by atoms with Crippen molar-refractivity contribution in [2.24, 2.45) is 5.73 Å². The topological polar surface area (TPSA) is 124 Å². The predicted molar refractivity (Wildman–Crippen MR) is 34.7 cm³/mol. The highest BCUT2D eigenvalue weighted by Crippen LogP contribution is 1.97. The molecule has 0 aliphatic heterocycles. The van der Waals surface area contributed by atoms with E-state index in [1.165, 1.54) is 0 Å². The first-order chi connectivity index (χ1) is 5.00. The van der Waals surface area contributed by atoms with E-state index in [1.54, 1.807) is 0 Å². The molecule has 0 amide bonds. The van der Waals surface area contributed by atoms with Crippen molar-refractivity contribution < 1.29 is 25.2 Å². The van der Waals surface area contributed by atoms with Crippen LogP contribution in [0.4, 0.5) is 0 Å². The SMILES string of the molecule is N[C@@H](C(=O)O)[C@@H](O)[C@H](O)CO. The fourth-order valence-corrected chi connectivity index (χ4v) is 0.493. The number of hydrogen-bond donors (Lipinski definition) is 5. The van der Waals surface area contributed by atoms with Gasteiger partial charge in [0.2, 0.25) is 0 Å². The third-order valence-corrected chi connectivity index (χ3v) is 1.23. The first-order valence-corrected chi connectivity index (χ1v) is 2.96. The van der Waals surface area contributed by atoms with Crippen LogP contribution in [0.5, 0.6) is 0 Å². The number of carboxylic acids is 1. The first kappa shape index (κ1) is 10.3. The van der Waals surface area contributed by atoms with Crippen LogP contribution in [0.15, 0.2) is 0 Å². The molecular weight excluding hydrogens is 154 g/mol. The Balaban J connectivity index is 4.00. The molecule has 0 aromatic heterocycles. The van der Waals surface area contributed by atoms with Gasteiger partial charge in [-0.25, -0.2) is 0 Å². The molecule has 66 valence electrons. The number of nitrogens with two attached hydrogens (primary N) is 1. The number of carbonyl (C=O) groups is 1. The molecule has 0 aromatic rings. The van der Waals surface area contributed by atoms with Crippen LogP contribution in [-0.4, -0.2) is 51.3 Å². The van der Waals surface area contributed by atoms with E-state index in [-0.39, 0.29) is 0 Å². The number of aliphatic hydroxyl groups excluding tert-OH is 3. The van der Waals surface area contributed by atoms with Gasteiger partial charge in [0.15, 0.2) is 0 Å². The van der Waals surface area contributed by atoms with Gasteiger partial charge in [-0.05, 0) is 0 Å². The molecule has 0 spiro atoms. The second-order valence-electron chi connectivity index (χ2n) is 2.10. The Morgan fingerprint density at radius 2 is 1.91 bits per heavy atom. The minimum absolute atomic E-state index is 0.720. The lowest BCUT2D eigenvalue weighted by Gasteiger charge is -2.18. The molecule has 0 rings (SSSR count). The zero-order valence-electron chi connectivity index (χ0n) is 5.71. The van der Waals surface area contributed by atoms with Crippen LogP contribution in [0, 0.1) is 0 Å². The Bertz CT molecular complexity index is 139. The molecule has 0 aromatic carbocycles. The van der Waals surface area contributed by atoms with Crippen molar-refractivity contribution >= 4 is 5.97 Å². The summed E-state index contributed by atoms with van der Waals surface area (Å²) in [4.78, 5) is 10.1. The molecule has 0 heterocycles. The lowest BCUT2D eigenvalue weighted by molar-refractivity contribution is -0.144. The van der Waals surface area contributed by atoms with Crippen LogP contribution in [-0.2, 0) is 4.79 Å². The van der Waals surface area contributed by atoms with Gasteiger partial charge in [-0.1, -0.05) is 0 Å². The largest absolute Gasteiger partial charge is 0.480 e. The molecule has 0 saturated carbocycles. The number of carboxylic acid groups (broad SMARTS) is 1. The van der Waals surface area contributed by atoms with Crippen molar-refractivity contribution in [3.8, 4) is 0 Å². The summed E-state index contributed by atoms with van der Waals surface area (Å²) in [6.07, 6.45) is -3.15. The summed E-state index contributed by atoms with van der Waals surface area (Å²) < 4.78 is 0. The summed E-state index contributed by atoms with van der Waals surface area (Å²) in [6.45, 7) is -0.720. The molecule has 6 N–H and O–H groups in total. The van der Waals surface area contributed by atoms with Crippen LogP contribution in [0.1, 0.15) is 0 Å². The van der Waals surface area contributed by atoms with Crippen LogP contribution in [0.2, 0.25) is 0 Å². The molecular formula is C5H11NO5. The van der Waals surface area contributed by atoms with Crippen molar-refractivity contribution in [1.29, 1.82) is 0 Å². The molecule has 11 heavy (non-hydrogen) atoms. The number of aliphatic hydroxyl groups is 3. The second kappa shape index (κ2) is 4.24. The molecule has 0 aliphatic rings. The maximum absolute atomic E-state index is 10.1. The molecule has 0 radical (unpaired) electrons. The molecule has 0 aliphatic carbocycles. The van der Waals surface area contributed by atoms with Gasteiger partial charge in [0, 0.05) is 0 Å². The van der Waals surface area contributed by atoms with Crippen molar-refractivity contribution in [2.45, 2.75) is 18.2 Å². The first-order valence-electron chi connectivity index (χ1n) is 2.96. The minimum Gasteiger partial charge on any atom is -0.480 e. The van der Waals surface area contributed by atoms with Gasteiger partial charge in [0.1, 0.15) is 18.2 Å². The Morgan fingerprint density at radius 1 is 1.45 bits per heavy atom. The molecule has 6 nitrogen and oxygen atoms in total. The van der Waals surface area contributed by atoms with E-state index in [4.69, 9.17) is 26.2 Å². The van der Waals surface area contributed by atoms with Gasteiger partial charge in [-0.3, -0.25) is 4.79 Å². The van der Waals surface area contributed by atoms with E-state index >= 15 is 0 Å². The third-order valence-electron chi connectivity index (χ3n) is 1.23. The average molecular weight is 165 g/mol. The lowest BCUT2D eigenvalue weighted by atomic mass is 10.1. The number of rotatable bonds is 4. The highest BCUT2D eigenvalue weighted by molar-refractivity contribution is 5.73.